The molecule has 0 radical (unpaired) electrons. The number of nitro groups is 1. The van der Waals surface area contributed by atoms with Gasteiger partial charge in [0.1, 0.15) is 0 Å². The summed E-state index contributed by atoms with van der Waals surface area (Å²) in [7, 11) is 0. The van der Waals surface area contributed by atoms with Crippen LogP contribution in [0.3, 0.4) is 0 Å². The Morgan fingerprint density at radius 3 is 2.63 bits per heavy atom. The number of rotatable bonds is 5. The van der Waals surface area contributed by atoms with Gasteiger partial charge in [0.2, 0.25) is 0 Å². The summed E-state index contributed by atoms with van der Waals surface area (Å²) >= 11 is 0. The number of hydrogen-bond donors (Lipinski definition) is 1. The monoisotopic (exact) mass is 263 g/mol. The molecule has 1 N–H and O–H groups in total. The van der Waals surface area contributed by atoms with Gasteiger partial charge in [0.15, 0.2) is 0 Å². The number of anilines is 1. The molecule has 2 rings (SSSR count). The molecule has 1 fully saturated rings. The summed E-state index contributed by atoms with van der Waals surface area (Å²) in [6.07, 6.45) is 5.26. The van der Waals surface area contributed by atoms with E-state index in [9.17, 15) is 10.1 Å². The maximum atomic E-state index is 10.7. The molecule has 0 unspecified atom stereocenters. The Bertz CT molecular complexity index is 415. The van der Waals surface area contributed by atoms with Crippen molar-refractivity contribution in [3.05, 3.63) is 34.4 Å². The highest BCUT2D eigenvalue weighted by Gasteiger charge is 2.09. The first kappa shape index (κ1) is 13.8. The minimum Gasteiger partial charge on any atom is -0.384 e. The summed E-state index contributed by atoms with van der Waals surface area (Å²) in [5.74, 6) is 0. The largest absolute Gasteiger partial charge is 0.384 e. The van der Waals surface area contributed by atoms with Crippen molar-refractivity contribution >= 4 is 11.4 Å². The standard InChI is InChI=1S/C14H21N3O2/c18-17(19)14-7-5-6-13(12-14)15-8-11-16-9-3-1-2-4-10-16/h5-7,12,15H,1-4,8-11H2. The average Bonchev–Trinajstić information content (AvgIpc) is 2.68. The van der Waals surface area contributed by atoms with Crippen molar-refractivity contribution in [3.63, 3.8) is 0 Å². The molecule has 0 spiro atoms. The van der Waals surface area contributed by atoms with Gasteiger partial charge in [-0.3, -0.25) is 10.1 Å². The molecule has 104 valence electrons. The van der Waals surface area contributed by atoms with Crippen LogP contribution in [0.4, 0.5) is 11.4 Å². The number of nitro benzene ring substituents is 1. The summed E-state index contributed by atoms with van der Waals surface area (Å²) in [6, 6.07) is 6.68. The van der Waals surface area contributed by atoms with Crippen LogP contribution in [0.25, 0.3) is 0 Å². The summed E-state index contributed by atoms with van der Waals surface area (Å²) in [5, 5.41) is 13.9. The highest BCUT2D eigenvalue weighted by atomic mass is 16.6. The lowest BCUT2D eigenvalue weighted by Crippen LogP contribution is -2.29. The predicted octanol–water partition coefficient (Wildman–Crippen LogP) is 2.88. The van der Waals surface area contributed by atoms with E-state index >= 15 is 0 Å². The Labute approximate surface area is 113 Å². The Morgan fingerprint density at radius 1 is 1.21 bits per heavy atom. The van der Waals surface area contributed by atoms with E-state index in [2.05, 4.69) is 10.2 Å². The molecule has 0 saturated carbocycles. The number of likely N-dealkylation sites (tertiary alicyclic amines) is 1. The Hall–Kier alpha value is -1.62. The molecule has 1 saturated heterocycles. The first-order valence-corrected chi connectivity index (χ1v) is 6.96. The van der Waals surface area contributed by atoms with Gasteiger partial charge in [-0.25, -0.2) is 0 Å². The number of benzene rings is 1. The second-order valence-corrected chi connectivity index (χ2v) is 4.99. The Balaban J connectivity index is 1.78. The quantitative estimate of drug-likeness (QED) is 0.655. The van der Waals surface area contributed by atoms with Gasteiger partial charge in [0.25, 0.3) is 5.69 Å². The fourth-order valence-corrected chi connectivity index (χ4v) is 2.45. The van der Waals surface area contributed by atoms with Gasteiger partial charge in [-0.1, -0.05) is 18.9 Å². The van der Waals surface area contributed by atoms with Crippen molar-refractivity contribution in [3.8, 4) is 0 Å². The zero-order valence-corrected chi connectivity index (χ0v) is 11.2. The summed E-state index contributed by atoms with van der Waals surface area (Å²) < 4.78 is 0. The first-order valence-electron chi connectivity index (χ1n) is 6.96. The first-order chi connectivity index (χ1) is 9.25. The molecule has 1 heterocycles. The molecule has 1 aliphatic rings. The number of nitrogens with zero attached hydrogens (tertiary/aromatic N) is 2. The van der Waals surface area contributed by atoms with Crippen LogP contribution in [0.15, 0.2) is 24.3 Å². The third-order valence-electron chi connectivity index (χ3n) is 3.51. The van der Waals surface area contributed by atoms with Crippen molar-refractivity contribution < 1.29 is 4.92 Å². The van der Waals surface area contributed by atoms with E-state index in [-0.39, 0.29) is 10.6 Å². The van der Waals surface area contributed by atoms with Gasteiger partial charge < -0.3 is 10.2 Å². The van der Waals surface area contributed by atoms with E-state index in [4.69, 9.17) is 0 Å². The third-order valence-corrected chi connectivity index (χ3v) is 3.51. The van der Waals surface area contributed by atoms with Crippen molar-refractivity contribution in [2.45, 2.75) is 25.7 Å². The van der Waals surface area contributed by atoms with Gasteiger partial charge in [-0.2, -0.15) is 0 Å². The molecular formula is C14H21N3O2. The minimum atomic E-state index is -0.361. The van der Waals surface area contributed by atoms with E-state index in [1.54, 1.807) is 12.1 Å². The molecule has 0 aliphatic carbocycles. The second kappa shape index (κ2) is 7.09. The fourth-order valence-electron chi connectivity index (χ4n) is 2.45. The molecule has 5 heteroatoms. The van der Waals surface area contributed by atoms with Crippen molar-refractivity contribution in [2.24, 2.45) is 0 Å². The van der Waals surface area contributed by atoms with Crippen LogP contribution in [0.1, 0.15) is 25.7 Å². The number of nitrogens with one attached hydrogen (secondary N) is 1. The van der Waals surface area contributed by atoms with Crippen LogP contribution in [0, 0.1) is 10.1 Å². The van der Waals surface area contributed by atoms with Crippen LogP contribution in [0.5, 0.6) is 0 Å². The van der Waals surface area contributed by atoms with Gasteiger partial charge in [-0.05, 0) is 32.0 Å². The highest BCUT2D eigenvalue weighted by molar-refractivity contribution is 5.50. The maximum absolute atomic E-state index is 10.7. The van der Waals surface area contributed by atoms with E-state index in [1.165, 1.54) is 44.8 Å². The topological polar surface area (TPSA) is 58.4 Å². The predicted molar refractivity (Wildman–Crippen MR) is 76.5 cm³/mol. The average molecular weight is 263 g/mol. The summed E-state index contributed by atoms with van der Waals surface area (Å²) in [5.41, 5.74) is 0.962. The van der Waals surface area contributed by atoms with Crippen molar-refractivity contribution in [1.82, 2.24) is 4.90 Å². The van der Waals surface area contributed by atoms with Crippen molar-refractivity contribution in [1.29, 1.82) is 0 Å². The zero-order chi connectivity index (χ0) is 13.5. The smallest absolute Gasteiger partial charge is 0.271 e. The molecule has 1 aromatic carbocycles. The van der Waals surface area contributed by atoms with Gasteiger partial charge in [-0.15, -0.1) is 0 Å². The van der Waals surface area contributed by atoms with E-state index in [1.807, 2.05) is 6.07 Å². The molecule has 1 aliphatic heterocycles. The minimum absolute atomic E-state index is 0.139. The van der Waals surface area contributed by atoms with E-state index in [0.29, 0.717) is 0 Å². The SMILES string of the molecule is O=[N+]([O-])c1cccc(NCCN2CCCCCC2)c1. The lowest BCUT2D eigenvalue weighted by atomic mass is 10.2. The van der Waals surface area contributed by atoms with Crippen LogP contribution < -0.4 is 5.32 Å². The molecule has 0 aromatic heterocycles. The summed E-state index contributed by atoms with van der Waals surface area (Å²) in [4.78, 5) is 12.8. The van der Waals surface area contributed by atoms with Gasteiger partial charge in [0.05, 0.1) is 4.92 Å². The van der Waals surface area contributed by atoms with Crippen molar-refractivity contribution in [2.75, 3.05) is 31.5 Å². The van der Waals surface area contributed by atoms with E-state index < -0.39 is 0 Å². The highest BCUT2D eigenvalue weighted by Crippen LogP contribution is 2.16. The Kier molecular flexibility index (Phi) is 5.15. The molecule has 0 bridgehead atoms. The number of hydrogen-bond acceptors (Lipinski definition) is 4. The normalized spacial score (nSPS) is 16.8. The third kappa shape index (κ3) is 4.52. The summed E-state index contributed by atoms with van der Waals surface area (Å²) in [6.45, 7) is 4.19. The molecule has 1 aromatic rings. The fraction of sp³-hybridized carbons (Fsp3) is 0.571. The molecule has 0 atom stereocenters. The Morgan fingerprint density at radius 2 is 1.95 bits per heavy atom. The number of non-ortho nitro benzene ring substituents is 1. The van der Waals surface area contributed by atoms with Crippen LogP contribution in [-0.2, 0) is 0 Å². The van der Waals surface area contributed by atoms with Gasteiger partial charge in [0, 0.05) is 30.9 Å². The molecular weight excluding hydrogens is 242 g/mol. The lowest BCUT2D eigenvalue weighted by Gasteiger charge is -2.20. The molecule has 19 heavy (non-hydrogen) atoms. The van der Waals surface area contributed by atoms with Crippen LogP contribution in [0.2, 0.25) is 0 Å². The van der Waals surface area contributed by atoms with Gasteiger partial charge >= 0.3 is 0 Å². The molecule has 0 amide bonds. The lowest BCUT2D eigenvalue weighted by molar-refractivity contribution is -0.384. The molecule has 5 nitrogen and oxygen atoms in total. The van der Waals surface area contributed by atoms with Crippen LogP contribution >= 0.6 is 0 Å². The van der Waals surface area contributed by atoms with Crippen LogP contribution in [-0.4, -0.2) is 36.0 Å². The zero-order valence-electron chi connectivity index (χ0n) is 11.2. The van der Waals surface area contributed by atoms with E-state index in [0.717, 1.165) is 18.8 Å². The maximum Gasteiger partial charge on any atom is 0.271 e. The second-order valence-electron chi connectivity index (χ2n) is 4.99.